The lowest BCUT2D eigenvalue weighted by Crippen LogP contribution is -2.43. The number of nitrogens with one attached hydrogen (secondary N) is 1. The van der Waals surface area contributed by atoms with Crippen LogP contribution in [0.1, 0.15) is 24.3 Å². The first-order valence-corrected chi connectivity index (χ1v) is 11.8. The summed E-state index contributed by atoms with van der Waals surface area (Å²) in [4.78, 5) is 21.0. The van der Waals surface area contributed by atoms with Crippen LogP contribution in [-0.4, -0.2) is 46.8 Å². The van der Waals surface area contributed by atoms with Crippen molar-refractivity contribution in [3.05, 3.63) is 41.2 Å². The van der Waals surface area contributed by atoms with Gasteiger partial charge in [-0.15, -0.1) is 11.3 Å². The molecule has 1 atom stereocenters. The van der Waals surface area contributed by atoms with Crippen molar-refractivity contribution in [2.75, 3.05) is 18.4 Å². The molecule has 0 aliphatic carbocycles. The highest BCUT2D eigenvalue weighted by molar-refractivity contribution is 7.91. The highest BCUT2D eigenvalue weighted by atomic mass is 32.2. The number of anilines is 1. The molecule has 158 valence electrons. The van der Waals surface area contributed by atoms with Crippen molar-refractivity contribution in [3.63, 3.8) is 0 Å². The first-order chi connectivity index (χ1) is 14.3. The third kappa shape index (κ3) is 4.27. The van der Waals surface area contributed by atoms with Gasteiger partial charge >= 0.3 is 0 Å². The van der Waals surface area contributed by atoms with Crippen LogP contribution in [0.4, 0.5) is 5.82 Å². The van der Waals surface area contributed by atoms with Gasteiger partial charge in [-0.1, -0.05) is 5.16 Å². The molecule has 11 heteroatoms. The second-order valence-electron chi connectivity index (χ2n) is 7.20. The molecule has 0 spiro atoms. The lowest BCUT2D eigenvalue weighted by molar-refractivity contribution is -0.120. The zero-order valence-electron chi connectivity index (χ0n) is 16.5. The lowest BCUT2D eigenvalue weighted by atomic mass is 9.99. The van der Waals surface area contributed by atoms with Crippen LogP contribution in [0.3, 0.4) is 0 Å². The molecule has 9 nitrogen and oxygen atoms in total. The molecule has 1 N–H and O–H groups in total. The molecule has 1 aliphatic rings. The van der Waals surface area contributed by atoms with E-state index in [1.165, 1.54) is 4.31 Å². The summed E-state index contributed by atoms with van der Waals surface area (Å²) in [7, 11) is -3.72. The van der Waals surface area contributed by atoms with Crippen molar-refractivity contribution in [2.24, 2.45) is 5.92 Å². The predicted molar refractivity (Wildman–Crippen MR) is 111 cm³/mol. The van der Waals surface area contributed by atoms with Gasteiger partial charge in [-0.2, -0.15) is 9.29 Å². The van der Waals surface area contributed by atoms with Gasteiger partial charge in [0.25, 0.3) is 10.0 Å². The zero-order valence-corrected chi connectivity index (χ0v) is 18.2. The number of sulfonamides is 1. The normalized spacial score (nSPS) is 17.7. The first kappa shape index (κ1) is 20.6. The Kier molecular flexibility index (Phi) is 5.67. The van der Waals surface area contributed by atoms with Gasteiger partial charge in [-0.3, -0.25) is 4.79 Å². The fraction of sp³-hybridized carbons (Fsp3) is 0.368. The number of rotatable bonds is 5. The van der Waals surface area contributed by atoms with E-state index in [-0.39, 0.29) is 16.7 Å². The highest BCUT2D eigenvalue weighted by Gasteiger charge is 2.34. The van der Waals surface area contributed by atoms with Crippen LogP contribution in [0.2, 0.25) is 0 Å². The molecule has 1 aliphatic heterocycles. The maximum Gasteiger partial charge on any atom is 0.252 e. The van der Waals surface area contributed by atoms with Gasteiger partial charge < -0.3 is 9.84 Å². The lowest BCUT2D eigenvalue weighted by Gasteiger charge is -2.30. The van der Waals surface area contributed by atoms with Gasteiger partial charge in [0.2, 0.25) is 17.6 Å². The van der Waals surface area contributed by atoms with Crippen LogP contribution < -0.4 is 5.32 Å². The molecule has 0 radical (unpaired) electrons. The van der Waals surface area contributed by atoms with E-state index < -0.39 is 15.9 Å². The molecule has 0 aromatic carbocycles. The van der Waals surface area contributed by atoms with Crippen LogP contribution in [0.15, 0.2) is 38.5 Å². The Bertz CT molecular complexity index is 1170. The predicted octanol–water partition coefficient (Wildman–Crippen LogP) is 2.85. The smallest absolute Gasteiger partial charge is 0.252 e. The minimum atomic E-state index is -3.72. The molecule has 0 bridgehead atoms. The van der Waals surface area contributed by atoms with Crippen LogP contribution in [0.25, 0.3) is 11.4 Å². The molecule has 0 saturated carbocycles. The summed E-state index contributed by atoms with van der Waals surface area (Å²) in [5, 5.41) is 8.31. The molecule has 4 heterocycles. The number of aromatic nitrogens is 3. The van der Waals surface area contributed by atoms with Gasteiger partial charge in [-0.25, -0.2) is 13.4 Å². The highest BCUT2D eigenvalue weighted by Crippen LogP contribution is 2.31. The number of piperidine rings is 1. The van der Waals surface area contributed by atoms with Crippen LogP contribution in [-0.2, 0) is 14.8 Å². The molecule has 1 fully saturated rings. The van der Waals surface area contributed by atoms with E-state index in [0.29, 0.717) is 42.5 Å². The minimum absolute atomic E-state index is 0.133. The van der Waals surface area contributed by atoms with Gasteiger partial charge in [0, 0.05) is 37.2 Å². The fourth-order valence-corrected chi connectivity index (χ4v) is 6.15. The summed E-state index contributed by atoms with van der Waals surface area (Å²) in [5.74, 6) is 0.580. The SMILES string of the molecule is Cc1ccnc(NC(=O)C2CCCN(S(=O)(=O)c3cc(-c4noc(C)n4)cs3)C2)c1. The van der Waals surface area contributed by atoms with Crippen molar-refractivity contribution in [3.8, 4) is 11.4 Å². The number of thiophene rings is 1. The summed E-state index contributed by atoms with van der Waals surface area (Å²) in [5.41, 5.74) is 1.57. The molecule has 30 heavy (non-hydrogen) atoms. The largest absolute Gasteiger partial charge is 0.339 e. The quantitative estimate of drug-likeness (QED) is 0.639. The van der Waals surface area contributed by atoms with Gasteiger partial charge in [0.15, 0.2) is 0 Å². The Hall–Kier alpha value is -2.63. The number of amides is 1. The Balaban J connectivity index is 1.48. The van der Waals surface area contributed by atoms with Crippen molar-refractivity contribution >= 4 is 33.1 Å². The fourth-order valence-electron chi connectivity index (χ4n) is 3.32. The van der Waals surface area contributed by atoms with E-state index in [1.807, 2.05) is 13.0 Å². The average Bonchev–Trinajstić information content (AvgIpc) is 3.37. The van der Waals surface area contributed by atoms with Crippen molar-refractivity contribution in [2.45, 2.75) is 30.9 Å². The van der Waals surface area contributed by atoms with E-state index in [2.05, 4.69) is 20.4 Å². The van der Waals surface area contributed by atoms with Gasteiger partial charge in [0.05, 0.1) is 5.92 Å². The van der Waals surface area contributed by atoms with Crippen LogP contribution in [0, 0.1) is 19.8 Å². The Morgan fingerprint density at radius 1 is 1.33 bits per heavy atom. The molecular weight excluding hydrogens is 426 g/mol. The number of hydrogen-bond acceptors (Lipinski definition) is 8. The van der Waals surface area contributed by atoms with E-state index in [0.717, 1.165) is 16.9 Å². The third-order valence-corrected chi connectivity index (χ3v) is 8.16. The van der Waals surface area contributed by atoms with E-state index >= 15 is 0 Å². The Labute approximate surface area is 178 Å². The van der Waals surface area contributed by atoms with E-state index in [9.17, 15) is 13.2 Å². The average molecular weight is 448 g/mol. The van der Waals surface area contributed by atoms with Gasteiger partial charge in [0.1, 0.15) is 10.0 Å². The van der Waals surface area contributed by atoms with Crippen LogP contribution in [0.5, 0.6) is 0 Å². The number of aryl methyl sites for hydroxylation is 2. The number of pyridine rings is 1. The number of nitrogens with zero attached hydrogens (tertiary/aromatic N) is 4. The summed E-state index contributed by atoms with van der Waals surface area (Å²) in [6.45, 7) is 4.10. The standard InChI is InChI=1S/C19H21N5O4S2/c1-12-5-6-20-16(8-12)22-19(25)14-4-3-7-24(10-14)30(26,27)17-9-15(11-29-17)18-21-13(2)28-23-18/h5-6,8-9,11,14H,3-4,7,10H2,1-2H3,(H,20,22,25). The second-order valence-corrected chi connectivity index (χ2v) is 10.3. The number of hydrogen-bond donors (Lipinski definition) is 1. The molecule has 4 rings (SSSR count). The number of carbonyl (C=O) groups excluding carboxylic acids is 1. The van der Waals surface area contributed by atoms with Crippen LogP contribution >= 0.6 is 11.3 Å². The maximum atomic E-state index is 13.1. The third-order valence-electron chi connectivity index (χ3n) is 4.88. The molecule has 1 amide bonds. The van der Waals surface area contributed by atoms with Crippen molar-refractivity contribution in [1.82, 2.24) is 19.4 Å². The molecule has 3 aromatic rings. The number of carbonyl (C=O) groups is 1. The molecular formula is C19H21N5O4S2. The van der Waals surface area contributed by atoms with Crippen molar-refractivity contribution in [1.29, 1.82) is 0 Å². The first-order valence-electron chi connectivity index (χ1n) is 9.46. The zero-order chi connectivity index (χ0) is 21.3. The molecule has 3 aromatic heterocycles. The Morgan fingerprint density at radius 2 is 2.17 bits per heavy atom. The maximum absolute atomic E-state index is 13.1. The monoisotopic (exact) mass is 447 g/mol. The van der Waals surface area contributed by atoms with E-state index in [4.69, 9.17) is 4.52 Å². The summed E-state index contributed by atoms with van der Waals surface area (Å²) < 4.78 is 32.8. The van der Waals surface area contributed by atoms with Gasteiger partial charge in [-0.05, 0) is 43.5 Å². The second kappa shape index (κ2) is 8.25. The topological polar surface area (TPSA) is 118 Å². The molecule has 1 unspecified atom stereocenters. The summed E-state index contributed by atoms with van der Waals surface area (Å²) in [6.07, 6.45) is 2.87. The summed E-state index contributed by atoms with van der Waals surface area (Å²) in [6, 6.07) is 5.17. The Morgan fingerprint density at radius 3 is 2.90 bits per heavy atom. The molecule has 1 saturated heterocycles. The van der Waals surface area contributed by atoms with E-state index in [1.54, 1.807) is 30.6 Å². The summed E-state index contributed by atoms with van der Waals surface area (Å²) >= 11 is 1.11. The van der Waals surface area contributed by atoms with Crippen molar-refractivity contribution < 1.29 is 17.7 Å². The minimum Gasteiger partial charge on any atom is -0.339 e.